The number of carbonyl (C=O) groups excluding carboxylic acids is 1. The largest absolute Gasteiger partial charge is 0.355 e. The van der Waals surface area contributed by atoms with Crippen LogP contribution in [0.25, 0.3) is 0 Å². The number of thioether (sulfide) groups is 1. The zero-order valence-electron chi connectivity index (χ0n) is 12.4. The molecule has 2 aromatic rings. The number of nitrogens with zero attached hydrogens (tertiary/aromatic N) is 3. The predicted molar refractivity (Wildman–Crippen MR) is 84.3 cm³/mol. The highest BCUT2D eigenvalue weighted by atomic mass is 32.2. The molecule has 0 saturated carbocycles. The highest BCUT2D eigenvalue weighted by Crippen LogP contribution is 2.16. The Balaban J connectivity index is 1.62. The smallest absolute Gasteiger partial charge is 0.230 e. The lowest BCUT2D eigenvalue weighted by molar-refractivity contribution is -0.118. The fraction of sp³-hybridized carbons (Fsp3) is 0.400. The molecular weight excluding hydrogens is 284 g/mol. The Morgan fingerprint density at radius 2 is 2.05 bits per heavy atom. The molecule has 21 heavy (non-hydrogen) atoms. The molecule has 0 aliphatic carbocycles. The van der Waals surface area contributed by atoms with E-state index in [1.807, 2.05) is 48.9 Å². The molecule has 112 valence electrons. The molecule has 0 saturated heterocycles. The van der Waals surface area contributed by atoms with Crippen LogP contribution >= 0.6 is 11.8 Å². The van der Waals surface area contributed by atoms with Crippen LogP contribution in [-0.4, -0.2) is 33.0 Å². The quantitative estimate of drug-likeness (QED) is 0.629. The average Bonchev–Trinajstić information content (AvgIpc) is 2.80. The molecule has 1 aromatic carbocycles. The van der Waals surface area contributed by atoms with Gasteiger partial charge in [0.1, 0.15) is 11.6 Å². The molecule has 1 N–H and O–H groups in total. The third-order valence-electron chi connectivity index (χ3n) is 2.94. The van der Waals surface area contributed by atoms with Crippen molar-refractivity contribution in [2.75, 3.05) is 12.3 Å². The van der Waals surface area contributed by atoms with E-state index < -0.39 is 0 Å². The molecule has 0 radical (unpaired) electrons. The number of nitrogens with one attached hydrogen (secondary N) is 1. The summed E-state index contributed by atoms with van der Waals surface area (Å²) >= 11 is 1.55. The van der Waals surface area contributed by atoms with Gasteiger partial charge in [-0.25, -0.2) is 4.98 Å². The summed E-state index contributed by atoms with van der Waals surface area (Å²) in [6.45, 7) is 5.26. The molecule has 0 aliphatic rings. The summed E-state index contributed by atoms with van der Waals surface area (Å²) in [6.07, 6.45) is 0.853. The molecule has 0 bridgehead atoms. The topological polar surface area (TPSA) is 59.8 Å². The Labute approximate surface area is 129 Å². The van der Waals surface area contributed by atoms with Crippen LogP contribution in [-0.2, 0) is 11.3 Å². The van der Waals surface area contributed by atoms with Gasteiger partial charge < -0.3 is 5.32 Å². The second-order valence-electron chi connectivity index (χ2n) is 4.73. The van der Waals surface area contributed by atoms with Crippen molar-refractivity contribution in [2.24, 2.45) is 0 Å². The van der Waals surface area contributed by atoms with Crippen LogP contribution in [0.4, 0.5) is 0 Å². The van der Waals surface area contributed by atoms with Gasteiger partial charge in [-0.2, -0.15) is 5.10 Å². The lowest BCUT2D eigenvalue weighted by Gasteiger charge is -2.06. The minimum atomic E-state index is 0.0651. The van der Waals surface area contributed by atoms with E-state index in [1.54, 1.807) is 11.8 Å². The Morgan fingerprint density at radius 1 is 1.29 bits per heavy atom. The predicted octanol–water partition coefficient (Wildman–Crippen LogP) is 2.19. The van der Waals surface area contributed by atoms with E-state index in [1.165, 1.54) is 0 Å². The van der Waals surface area contributed by atoms with Gasteiger partial charge >= 0.3 is 0 Å². The highest BCUT2D eigenvalue weighted by molar-refractivity contribution is 8.00. The lowest BCUT2D eigenvalue weighted by atomic mass is 10.4. The number of amides is 1. The number of aromatic nitrogens is 3. The summed E-state index contributed by atoms with van der Waals surface area (Å²) in [5, 5.41) is 7.22. The van der Waals surface area contributed by atoms with Crippen molar-refractivity contribution in [3.05, 3.63) is 42.0 Å². The van der Waals surface area contributed by atoms with Gasteiger partial charge in [-0.3, -0.25) is 9.48 Å². The van der Waals surface area contributed by atoms with Crippen LogP contribution in [0.5, 0.6) is 0 Å². The maximum Gasteiger partial charge on any atom is 0.230 e. The van der Waals surface area contributed by atoms with Crippen molar-refractivity contribution in [2.45, 2.75) is 31.7 Å². The molecule has 0 unspecified atom stereocenters. The summed E-state index contributed by atoms with van der Waals surface area (Å²) in [7, 11) is 0. The van der Waals surface area contributed by atoms with Gasteiger partial charge in [0.15, 0.2) is 0 Å². The van der Waals surface area contributed by atoms with E-state index in [9.17, 15) is 4.79 Å². The molecule has 5 nitrogen and oxygen atoms in total. The maximum atomic E-state index is 11.7. The van der Waals surface area contributed by atoms with Crippen LogP contribution in [0.3, 0.4) is 0 Å². The lowest BCUT2D eigenvalue weighted by Crippen LogP contribution is -2.27. The number of hydrogen-bond donors (Lipinski definition) is 1. The van der Waals surface area contributed by atoms with Crippen LogP contribution in [0.15, 0.2) is 35.2 Å². The molecule has 0 aliphatic heterocycles. The first kappa shape index (κ1) is 15.6. The summed E-state index contributed by atoms with van der Waals surface area (Å²) < 4.78 is 1.88. The first-order chi connectivity index (χ1) is 10.1. The van der Waals surface area contributed by atoms with Gasteiger partial charge in [-0.05, 0) is 32.4 Å². The molecule has 1 amide bonds. The second-order valence-corrected chi connectivity index (χ2v) is 5.78. The Kier molecular flexibility index (Phi) is 5.80. The van der Waals surface area contributed by atoms with E-state index in [0.717, 1.165) is 29.5 Å². The van der Waals surface area contributed by atoms with E-state index >= 15 is 0 Å². The molecule has 0 fully saturated rings. The van der Waals surface area contributed by atoms with Gasteiger partial charge in [0, 0.05) is 18.0 Å². The number of rotatable bonds is 7. The van der Waals surface area contributed by atoms with Gasteiger partial charge in [0.05, 0.1) is 5.75 Å². The van der Waals surface area contributed by atoms with Crippen molar-refractivity contribution < 1.29 is 4.79 Å². The molecule has 2 rings (SSSR count). The first-order valence-electron chi connectivity index (χ1n) is 6.98. The number of benzene rings is 1. The van der Waals surface area contributed by atoms with Gasteiger partial charge in [-0.15, -0.1) is 11.8 Å². The Bertz CT molecular complexity index is 583. The van der Waals surface area contributed by atoms with Crippen molar-refractivity contribution >= 4 is 17.7 Å². The summed E-state index contributed by atoms with van der Waals surface area (Å²) in [5.41, 5.74) is 0. The van der Waals surface area contributed by atoms with E-state index in [-0.39, 0.29) is 5.91 Å². The van der Waals surface area contributed by atoms with Crippen LogP contribution in [0.1, 0.15) is 18.1 Å². The van der Waals surface area contributed by atoms with Gasteiger partial charge in [0.2, 0.25) is 5.91 Å². The summed E-state index contributed by atoms with van der Waals surface area (Å²) in [5.74, 6) is 2.22. The van der Waals surface area contributed by atoms with Gasteiger partial charge in [-0.1, -0.05) is 18.2 Å². The first-order valence-corrected chi connectivity index (χ1v) is 7.96. The standard InChI is InChI=1S/C15H20N4OS/c1-12-17-13(2)19(18-12)10-6-9-16-15(20)11-21-14-7-4-3-5-8-14/h3-5,7-8H,6,9-11H2,1-2H3,(H,16,20). The number of hydrogen-bond acceptors (Lipinski definition) is 4. The fourth-order valence-electron chi connectivity index (χ4n) is 1.95. The molecule has 1 aromatic heterocycles. The third-order valence-corrected chi connectivity index (χ3v) is 3.96. The van der Waals surface area contributed by atoms with Gasteiger partial charge in [0.25, 0.3) is 0 Å². The van der Waals surface area contributed by atoms with Crippen LogP contribution < -0.4 is 5.32 Å². The monoisotopic (exact) mass is 304 g/mol. The van der Waals surface area contributed by atoms with Crippen LogP contribution in [0.2, 0.25) is 0 Å². The number of aryl methyl sites for hydroxylation is 3. The van der Waals surface area contributed by atoms with Crippen molar-refractivity contribution in [1.29, 1.82) is 0 Å². The molecule has 6 heteroatoms. The minimum Gasteiger partial charge on any atom is -0.355 e. The van der Waals surface area contributed by atoms with Crippen molar-refractivity contribution in [1.82, 2.24) is 20.1 Å². The zero-order chi connectivity index (χ0) is 15.1. The molecule has 0 atom stereocenters. The van der Waals surface area contributed by atoms with Crippen molar-refractivity contribution in [3.8, 4) is 0 Å². The van der Waals surface area contributed by atoms with Crippen LogP contribution in [0, 0.1) is 13.8 Å². The van der Waals surface area contributed by atoms with E-state index in [4.69, 9.17) is 0 Å². The average molecular weight is 304 g/mol. The van der Waals surface area contributed by atoms with Crippen molar-refractivity contribution in [3.63, 3.8) is 0 Å². The molecule has 1 heterocycles. The SMILES string of the molecule is Cc1nc(C)n(CCCNC(=O)CSc2ccccc2)n1. The zero-order valence-corrected chi connectivity index (χ0v) is 13.2. The Morgan fingerprint density at radius 3 is 2.71 bits per heavy atom. The minimum absolute atomic E-state index is 0.0651. The maximum absolute atomic E-state index is 11.7. The van der Waals surface area contributed by atoms with E-state index in [2.05, 4.69) is 15.4 Å². The third kappa shape index (κ3) is 5.23. The highest BCUT2D eigenvalue weighted by Gasteiger charge is 2.04. The molecule has 0 spiro atoms. The second kappa shape index (κ2) is 7.83. The fourth-order valence-corrected chi connectivity index (χ4v) is 2.70. The molecular formula is C15H20N4OS. The summed E-state index contributed by atoms with van der Waals surface area (Å²) in [4.78, 5) is 17.1. The summed E-state index contributed by atoms with van der Waals surface area (Å²) in [6, 6.07) is 9.94. The Hall–Kier alpha value is -1.82. The van der Waals surface area contributed by atoms with E-state index in [0.29, 0.717) is 12.3 Å². The normalized spacial score (nSPS) is 10.6. The number of carbonyl (C=O) groups is 1.